The number of rotatable bonds is 4. The summed E-state index contributed by atoms with van der Waals surface area (Å²) in [6.07, 6.45) is 0. The highest BCUT2D eigenvalue weighted by molar-refractivity contribution is 5.79. The topological polar surface area (TPSA) is 95.3 Å². The standard InChI is InChI=1S/C6H11N3O3/c1-3-12-5(10)6(2,11)4-8-9-7/h11H,3-4H2,1-2H3/t6-/m1/s1. The largest absolute Gasteiger partial charge is 0.464 e. The van der Waals surface area contributed by atoms with Gasteiger partial charge in [0.05, 0.1) is 13.2 Å². The van der Waals surface area contributed by atoms with Crippen LogP contribution in [0.5, 0.6) is 0 Å². The molecule has 0 aliphatic rings. The van der Waals surface area contributed by atoms with Crippen molar-refractivity contribution in [3.05, 3.63) is 10.4 Å². The number of azide groups is 1. The molecule has 0 radical (unpaired) electrons. The fourth-order valence-corrected chi connectivity index (χ4v) is 0.520. The van der Waals surface area contributed by atoms with Crippen LogP contribution < -0.4 is 0 Å². The summed E-state index contributed by atoms with van der Waals surface area (Å²) in [5, 5.41) is 12.4. The van der Waals surface area contributed by atoms with Gasteiger partial charge in [-0.1, -0.05) is 5.11 Å². The van der Waals surface area contributed by atoms with Gasteiger partial charge in [0.15, 0.2) is 5.60 Å². The summed E-state index contributed by atoms with van der Waals surface area (Å²) in [4.78, 5) is 13.3. The number of carbonyl (C=O) groups is 1. The molecule has 1 atom stereocenters. The molecule has 0 heterocycles. The van der Waals surface area contributed by atoms with Crippen LogP contribution in [0.1, 0.15) is 13.8 Å². The van der Waals surface area contributed by atoms with E-state index in [4.69, 9.17) is 5.53 Å². The molecule has 6 heteroatoms. The number of hydrogen-bond acceptors (Lipinski definition) is 4. The molecule has 0 saturated heterocycles. The van der Waals surface area contributed by atoms with E-state index in [-0.39, 0.29) is 13.2 Å². The summed E-state index contributed by atoms with van der Waals surface area (Å²) in [5.41, 5.74) is 6.22. The van der Waals surface area contributed by atoms with Gasteiger partial charge in [0, 0.05) is 4.91 Å². The van der Waals surface area contributed by atoms with Gasteiger partial charge in [0.1, 0.15) is 0 Å². The molecule has 0 aliphatic carbocycles. The minimum Gasteiger partial charge on any atom is -0.464 e. The summed E-state index contributed by atoms with van der Waals surface area (Å²) in [6.45, 7) is 2.73. The van der Waals surface area contributed by atoms with Crippen LogP contribution in [-0.2, 0) is 9.53 Å². The number of hydrogen-bond donors (Lipinski definition) is 1. The molecule has 0 amide bonds. The average Bonchev–Trinajstić information content (AvgIpc) is 2.01. The highest BCUT2D eigenvalue weighted by atomic mass is 16.5. The second kappa shape index (κ2) is 4.58. The molecule has 0 rings (SSSR count). The van der Waals surface area contributed by atoms with Gasteiger partial charge in [-0.05, 0) is 19.4 Å². The molecule has 68 valence electrons. The first-order valence-electron chi connectivity index (χ1n) is 3.45. The lowest BCUT2D eigenvalue weighted by Gasteiger charge is -2.17. The van der Waals surface area contributed by atoms with Crippen LogP contribution in [0.2, 0.25) is 0 Å². The van der Waals surface area contributed by atoms with Crippen LogP contribution >= 0.6 is 0 Å². The third-order valence-electron chi connectivity index (χ3n) is 1.16. The van der Waals surface area contributed by atoms with E-state index in [2.05, 4.69) is 14.8 Å². The van der Waals surface area contributed by atoms with Gasteiger partial charge in [0.25, 0.3) is 0 Å². The molecule has 0 aliphatic heterocycles. The second-order valence-corrected chi connectivity index (χ2v) is 2.38. The Kier molecular flexibility index (Phi) is 4.10. The maximum absolute atomic E-state index is 10.9. The Labute approximate surface area is 69.8 Å². The highest BCUT2D eigenvalue weighted by Crippen LogP contribution is 2.06. The predicted octanol–water partition coefficient (Wildman–Crippen LogP) is 0.611. The second-order valence-electron chi connectivity index (χ2n) is 2.38. The smallest absolute Gasteiger partial charge is 0.337 e. The lowest BCUT2D eigenvalue weighted by Crippen LogP contribution is -2.39. The first-order chi connectivity index (χ1) is 5.54. The molecule has 12 heavy (non-hydrogen) atoms. The highest BCUT2D eigenvalue weighted by Gasteiger charge is 2.30. The molecule has 0 aromatic rings. The molecular formula is C6H11N3O3. The van der Waals surface area contributed by atoms with Crippen molar-refractivity contribution < 1.29 is 14.6 Å². The van der Waals surface area contributed by atoms with Crippen molar-refractivity contribution >= 4 is 5.97 Å². The van der Waals surface area contributed by atoms with Gasteiger partial charge in [-0.3, -0.25) is 0 Å². The SMILES string of the molecule is CCOC(=O)[C@](C)(O)CN=[N+]=[N-]. The quantitative estimate of drug-likeness (QED) is 0.292. The summed E-state index contributed by atoms with van der Waals surface area (Å²) in [7, 11) is 0. The fourth-order valence-electron chi connectivity index (χ4n) is 0.520. The lowest BCUT2D eigenvalue weighted by molar-refractivity contribution is -0.161. The van der Waals surface area contributed by atoms with Crippen LogP contribution in [0.4, 0.5) is 0 Å². The van der Waals surface area contributed by atoms with Gasteiger partial charge >= 0.3 is 5.97 Å². The first-order valence-corrected chi connectivity index (χ1v) is 3.45. The summed E-state index contributed by atoms with van der Waals surface area (Å²) >= 11 is 0. The first kappa shape index (κ1) is 10.7. The lowest BCUT2D eigenvalue weighted by atomic mass is 10.1. The summed E-state index contributed by atoms with van der Waals surface area (Å²) in [5.74, 6) is -0.780. The Bertz CT molecular complexity index is 208. The Balaban J connectivity index is 4.17. The van der Waals surface area contributed by atoms with Crippen molar-refractivity contribution in [2.24, 2.45) is 5.11 Å². The Morgan fingerprint density at radius 1 is 1.83 bits per heavy atom. The van der Waals surface area contributed by atoms with Crippen molar-refractivity contribution in [1.29, 1.82) is 0 Å². The van der Waals surface area contributed by atoms with Crippen LogP contribution in [0, 0.1) is 0 Å². The summed E-state index contributed by atoms with van der Waals surface area (Å²) < 4.78 is 4.53. The molecule has 0 fully saturated rings. The zero-order valence-corrected chi connectivity index (χ0v) is 7.02. The van der Waals surface area contributed by atoms with Gasteiger partial charge in [-0.15, -0.1) is 0 Å². The fraction of sp³-hybridized carbons (Fsp3) is 0.833. The normalized spacial score (nSPS) is 14.2. The molecule has 0 aromatic heterocycles. The number of esters is 1. The van der Waals surface area contributed by atoms with Crippen LogP contribution in [-0.4, -0.2) is 29.8 Å². The minimum atomic E-state index is -1.72. The maximum atomic E-state index is 10.9. The number of aliphatic hydroxyl groups is 1. The molecule has 0 bridgehead atoms. The summed E-state index contributed by atoms with van der Waals surface area (Å²) in [6, 6.07) is 0. The molecule has 0 unspecified atom stereocenters. The van der Waals surface area contributed by atoms with Crippen molar-refractivity contribution in [1.82, 2.24) is 0 Å². The Morgan fingerprint density at radius 3 is 2.83 bits per heavy atom. The van der Waals surface area contributed by atoms with E-state index < -0.39 is 11.6 Å². The minimum absolute atomic E-state index is 0.186. The van der Waals surface area contributed by atoms with Crippen molar-refractivity contribution in [3.63, 3.8) is 0 Å². The zero-order chi connectivity index (χ0) is 9.61. The van der Waals surface area contributed by atoms with Crippen LogP contribution in [0.25, 0.3) is 10.4 Å². The monoisotopic (exact) mass is 173 g/mol. The van der Waals surface area contributed by atoms with Gasteiger partial charge < -0.3 is 9.84 Å². The van der Waals surface area contributed by atoms with Gasteiger partial charge in [-0.25, -0.2) is 4.79 Å². The Hall–Kier alpha value is -1.26. The third kappa shape index (κ3) is 3.23. The van der Waals surface area contributed by atoms with Gasteiger partial charge in [-0.2, -0.15) is 0 Å². The number of nitrogens with zero attached hydrogens (tertiary/aromatic N) is 3. The predicted molar refractivity (Wildman–Crippen MR) is 41.3 cm³/mol. The van der Waals surface area contributed by atoms with Crippen LogP contribution in [0.15, 0.2) is 5.11 Å². The van der Waals surface area contributed by atoms with Crippen molar-refractivity contribution in [2.75, 3.05) is 13.2 Å². The van der Waals surface area contributed by atoms with Crippen molar-refractivity contribution in [2.45, 2.75) is 19.4 Å². The maximum Gasteiger partial charge on any atom is 0.337 e. The van der Waals surface area contributed by atoms with E-state index >= 15 is 0 Å². The van der Waals surface area contributed by atoms with Gasteiger partial charge in [0.2, 0.25) is 0 Å². The molecule has 0 spiro atoms. The molecule has 1 N–H and O–H groups in total. The molecule has 0 aromatic carbocycles. The molecule has 0 saturated carbocycles. The average molecular weight is 173 g/mol. The Morgan fingerprint density at radius 2 is 2.42 bits per heavy atom. The van der Waals surface area contributed by atoms with E-state index in [9.17, 15) is 9.90 Å². The van der Waals surface area contributed by atoms with E-state index in [1.54, 1.807) is 6.92 Å². The van der Waals surface area contributed by atoms with Crippen LogP contribution in [0.3, 0.4) is 0 Å². The number of ether oxygens (including phenoxy) is 1. The molecule has 6 nitrogen and oxygen atoms in total. The van der Waals surface area contributed by atoms with E-state index in [1.165, 1.54) is 6.92 Å². The van der Waals surface area contributed by atoms with E-state index in [0.717, 1.165) is 0 Å². The number of carbonyl (C=O) groups excluding carboxylic acids is 1. The van der Waals surface area contributed by atoms with E-state index in [1.807, 2.05) is 0 Å². The molecular weight excluding hydrogens is 162 g/mol. The zero-order valence-electron chi connectivity index (χ0n) is 7.02. The van der Waals surface area contributed by atoms with Crippen molar-refractivity contribution in [3.8, 4) is 0 Å². The third-order valence-corrected chi connectivity index (χ3v) is 1.16. The van der Waals surface area contributed by atoms with E-state index in [0.29, 0.717) is 0 Å².